The minimum atomic E-state index is -0.346. The van der Waals surface area contributed by atoms with Crippen LogP contribution < -0.4 is 10.3 Å². The average molecular weight is 439 g/mol. The highest BCUT2D eigenvalue weighted by molar-refractivity contribution is 5.93. The van der Waals surface area contributed by atoms with Crippen LogP contribution in [0.4, 0.5) is 0 Å². The standard InChI is InChI=1S/C18H18N2O2.C8H16O2/c1-12(2)20-18(21)16-7-5-4-6-15(16)17(19-20)13-8-10-14(22-3)11-9-13;1-6(2)7(9)10-8(3,4)5/h4-12H,1-3H3;6H,1-5H3. The van der Waals surface area contributed by atoms with E-state index in [-0.39, 0.29) is 29.1 Å². The minimum Gasteiger partial charge on any atom is -0.497 e. The number of rotatable bonds is 4. The molecule has 0 radical (unpaired) electrons. The molecule has 2 aromatic carbocycles. The Morgan fingerprint density at radius 1 is 0.938 bits per heavy atom. The maximum Gasteiger partial charge on any atom is 0.308 e. The van der Waals surface area contributed by atoms with E-state index in [0.717, 1.165) is 22.4 Å². The van der Waals surface area contributed by atoms with Crippen molar-refractivity contribution < 1.29 is 14.3 Å². The van der Waals surface area contributed by atoms with E-state index >= 15 is 0 Å². The predicted molar refractivity (Wildman–Crippen MR) is 129 cm³/mol. The molecule has 1 heterocycles. The second kappa shape index (κ2) is 10.4. The lowest BCUT2D eigenvalue weighted by molar-refractivity contribution is -0.158. The van der Waals surface area contributed by atoms with Gasteiger partial charge >= 0.3 is 5.97 Å². The monoisotopic (exact) mass is 438 g/mol. The van der Waals surface area contributed by atoms with Crippen molar-refractivity contribution in [2.45, 2.75) is 60.1 Å². The molecule has 0 aliphatic carbocycles. The van der Waals surface area contributed by atoms with E-state index in [4.69, 9.17) is 9.47 Å². The van der Waals surface area contributed by atoms with E-state index in [1.165, 1.54) is 0 Å². The number of hydrogen-bond acceptors (Lipinski definition) is 5. The molecular formula is C26H34N2O4. The number of carbonyl (C=O) groups is 1. The van der Waals surface area contributed by atoms with Crippen LogP contribution in [0.1, 0.15) is 54.5 Å². The van der Waals surface area contributed by atoms with Gasteiger partial charge in [-0.1, -0.05) is 32.0 Å². The third-order valence-electron chi connectivity index (χ3n) is 4.56. The Kier molecular flexibility index (Phi) is 8.19. The van der Waals surface area contributed by atoms with E-state index in [1.54, 1.807) is 11.8 Å². The summed E-state index contributed by atoms with van der Waals surface area (Å²) >= 11 is 0. The van der Waals surface area contributed by atoms with Crippen molar-refractivity contribution >= 4 is 16.7 Å². The molecule has 0 saturated carbocycles. The first-order valence-corrected chi connectivity index (χ1v) is 10.8. The number of methoxy groups -OCH3 is 1. The van der Waals surface area contributed by atoms with Crippen LogP contribution in [0.3, 0.4) is 0 Å². The Labute approximate surface area is 190 Å². The zero-order chi connectivity index (χ0) is 24.1. The molecule has 6 nitrogen and oxygen atoms in total. The molecule has 0 unspecified atom stereocenters. The number of esters is 1. The summed E-state index contributed by atoms with van der Waals surface area (Å²) in [7, 11) is 1.64. The first kappa shape index (κ1) is 25.1. The number of fused-ring (bicyclic) bond motifs is 1. The number of nitrogens with zero attached hydrogens (tertiary/aromatic N) is 2. The van der Waals surface area contributed by atoms with Crippen LogP contribution in [0.15, 0.2) is 53.3 Å². The molecule has 3 rings (SSSR count). The van der Waals surface area contributed by atoms with E-state index in [0.29, 0.717) is 5.39 Å². The van der Waals surface area contributed by atoms with Gasteiger partial charge in [0, 0.05) is 10.9 Å². The van der Waals surface area contributed by atoms with E-state index in [1.807, 2.05) is 97.0 Å². The fourth-order valence-corrected chi connectivity index (χ4v) is 2.94. The van der Waals surface area contributed by atoms with Gasteiger partial charge in [-0.25, -0.2) is 4.68 Å². The Morgan fingerprint density at radius 3 is 1.94 bits per heavy atom. The lowest BCUT2D eigenvalue weighted by Gasteiger charge is -2.20. The van der Waals surface area contributed by atoms with Crippen molar-refractivity contribution in [3.8, 4) is 17.0 Å². The molecule has 6 heteroatoms. The summed E-state index contributed by atoms with van der Waals surface area (Å²) in [4.78, 5) is 23.5. The Morgan fingerprint density at radius 2 is 1.50 bits per heavy atom. The molecular weight excluding hydrogens is 404 g/mol. The van der Waals surface area contributed by atoms with Crippen LogP contribution in [0.25, 0.3) is 22.0 Å². The SMILES string of the molecule is CC(C)C(=O)OC(C)(C)C.COc1ccc(-c2nn(C(C)C)c(=O)c3ccccc23)cc1. The molecule has 1 aromatic heterocycles. The van der Waals surface area contributed by atoms with Crippen LogP contribution in [0, 0.1) is 5.92 Å². The summed E-state index contributed by atoms with van der Waals surface area (Å²) in [6, 6.07) is 15.3. The number of aromatic nitrogens is 2. The van der Waals surface area contributed by atoms with Crippen molar-refractivity contribution in [2.24, 2.45) is 5.92 Å². The Balaban J connectivity index is 0.000000309. The predicted octanol–water partition coefficient (Wildman–Crippen LogP) is 5.64. The number of benzene rings is 2. The highest BCUT2D eigenvalue weighted by Crippen LogP contribution is 2.26. The second-order valence-electron chi connectivity index (χ2n) is 9.15. The summed E-state index contributed by atoms with van der Waals surface area (Å²) in [5.41, 5.74) is 1.38. The van der Waals surface area contributed by atoms with Gasteiger partial charge in [-0.15, -0.1) is 0 Å². The van der Waals surface area contributed by atoms with Gasteiger partial charge < -0.3 is 9.47 Å². The van der Waals surface area contributed by atoms with E-state index in [2.05, 4.69) is 5.10 Å². The van der Waals surface area contributed by atoms with Gasteiger partial charge in [0.15, 0.2) is 0 Å². The third kappa shape index (κ3) is 6.42. The molecule has 0 atom stereocenters. The molecule has 0 fully saturated rings. The van der Waals surface area contributed by atoms with Crippen molar-refractivity contribution in [2.75, 3.05) is 7.11 Å². The van der Waals surface area contributed by atoms with Gasteiger partial charge in [0.05, 0.1) is 30.1 Å². The van der Waals surface area contributed by atoms with E-state index < -0.39 is 0 Å². The zero-order valence-electron chi connectivity index (χ0n) is 20.3. The molecule has 0 N–H and O–H groups in total. The molecule has 172 valence electrons. The largest absolute Gasteiger partial charge is 0.497 e. The van der Waals surface area contributed by atoms with Gasteiger partial charge in [0.1, 0.15) is 11.4 Å². The van der Waals surface area contributed by atoms with Crippen LogP contribution in [0.5, 0.6) is 5.75 Å². The molecule has 0 amide bonds. The van der Waals surface area contributed by atoms with Crippen LogP contribution in [0.2, 0.25) is 0 Å². The van der Waals surface area contributed by atoms with Crippen LogP contribution in [-0.2, 0) is 9.53 Å². The third-order valence-corrected chi connectivity index (χ3v) is 4.56. The Bertz CT molecular complexity index is 1110. The highest BCUT2D eigenvalue weighted by Gasteiger charge is 2.18. The first-order valence-electron chi connectivity index (χ1n) is 10.8. The molecule has 0 saturated heterocycles. The maximum absolute atomic E-state index is 12.5. The summed E-state index contributed by atoms with van der Waals surface area (Å²) in [5.74, 6) is 0.636. The fourth-order valence-electron chi connectivity index (χ4n) is 2.94. The number of carbonyl (C=O) groups excluding carboxylic acids is 1. The number of hydrogen-bond donors (Lipinski definition) is 0. The summed E-state index contributed by atoms with van der Waals surface area (Å²) in [6.45, 7) is 13.2. The van der Waals surface area contributed by atoms with Gasteiger partial charge in [0.25, 0.3) is 5.56 Å². The minimum absolute atomic E-state index is 0.00843. The van der Waals surface area contributed by atoms with Gasteiger partial charge in [-0.2, -0.15) is 5.10 Å². The summed E-state index contributed by atoms with van der Waals surface area (Å²) in [6.07, 6.45) is 0. The highest BCUT2D eigenvalue weighted by atomic mass is 16.6. The molecule has 0 aliphatic rings. The number of ether oxygens (including phenoxy) is 2. The van der Waals surface area contributed by atoms with Gasteiger partial charge in [-0.05, 0) is 65.0 Å². The zero-order valence-corrected chi connectivity index (χ0v) is 20.3. The Hall–Kier alpha value is -3.15. The quantitative estimate of drug-likeness (QED) is 0.493. The average Bonchev–Trinajstić information content (AvgIpc) is 2.73. The van der Waals surface area contributed by atoms with Crippen molar-refractivity contribution in [1.82, 2.24) is 9.78 Å². The maximum atomic E-state index is 12.5. The first-order chi connectivity index (χ1) is 14.9. The van der Waals surface area contributed by atoms with Gasteiger partial charge in [-0.3, -0.25) is 9.59 Å². The second-order valence-corrected chi connectivity index (χ2v) is 9.15. The van der Waals surface area contributed by atoms with Crippen molar-refractivity contribution in [1.29, 1.82) is 0 Å². The smallest absolute Gasteiger partial charge is 0.308 e. The van der Waals surface area contributed by atoms with Gasteiger partial charge in [0.2, 0.25) is 0 Å². The van der Waals surface area contributed by atoms with Crippen molar-refractivity contribution in [3.05, 3.63) is 58.9 Å². The molecule has 32 heavy (non-hydrogen) atoms. The topological polar surface area (TPSA) is 70.4 Å². The summed E-state index contributed by atoms with van der Waals surface area (Å²) < 4.78 is 11.8. The fraction of sp³-hybridized carbons (Fsp3) is 0.423. The summed E-state index contributed by atoms with van der Waals surface area (Å²) in [5, 5.41) is 6.15. The van der Waals surface area contributed by atoms with Crippen LogP contribution >= 0.6 is 0 Å². The lowest BCUT2D eigenvalue weighted by atomic mass is 10.0. The molecule has 3 aromatic rings. The molecule has 0 spiro atoms. The normalized spacial score (nSPS) is 11.3. The van der Waals surface area contributed by atoms with E-state index in [9.17, 15) is 9.59 Å². The molecule has 0 bridgehead atoms. The van der Waals surface area contributed by atoms with Crippen LogP contribution in [-0.4, -0.2) is 28.5 Å². The van der Waals surface area contributed by atoms with Crippen molar-refractivity contribution in [3.63, 3.8) is 0 Å². The lowest BCUT2D eigenvalue weighted by Crippen LogP contribution is -2.26. The molecule has 0 aliphatic heterocycles.